The molecule has 0 aliphatic heterocycles. The Morgan fingerprint density at radius 1 is 0.778 bits per heavy atom. The number of hydrogen-bond donors (Lipinski definition) is 0. The molecule has 0 aromatic carbocycles. The summed E-state index contributed by atoms with van der Waals surface area (Å²) < 4.78 is 51.4. The Kier molecular flexibility index (Phi) is 21.4. The van der Waals surface area contributed by atoms with E-state index in [2.05, 4.69) is 0 Å². The third-order valence-electron chi connectivity index (χ3n) is 0. The van der Waals surface area contributed by atoms with Crippen LogP contribution in [-0.2, 0) is 65.0 Å². The molecule has 0 bridgehead atoms. The maximum atomic E-state index is 8.56. The van der Waals surface area contributed by atoms with Crippen LogP contribution in [0.3, 0.4) is 0 Å². The first-order valence-corrected chi connectivity index (χ1v) is 4.52. The summed E-state index contributed by atoms with van der Waals surface area (Å²) in [5.41, 5.74) is 0. The van der Waals surface area contributed by atoms with Crippen molar-refractivity contribution in [1.29, 1.82) is 0 Å². The topological polar surface area (TPSA) is 114 Å². The smallest absolute Gasteiger partial charge is 2.00 e. The normalized spacial score (nSPS) is 5.56. The maximum Gasteiger partial charge on any atom is 2.00 e. The average Bonchev–Trinajstić information content (AvgIpc) is 1.25. The molecule has 0 aromatic rings. The van der Waals surface area contributed by atoms with Crippen LogP contribution in [0.1, 0.15) is 0 Å². The van der Waals surface area contributed by atoms with Gasteiger partial charge in [-0.3, -0.25) is 0 Å². The molecule has 0 amide bonds. The van der Waals surface area contributed by atoms with E-state index in [0.717, 1.165) is 0 Å². The molecule has 0 spiro atoms. The minimum Gasteiger partial charge on any atom is 2.00 e. The van der Waals surface area contributed by atoms with Gasteiger partial charge in [-0.25, -0.2) is 0 Å². The van der Waals surface area contributed by atoms with Gasteiger partial charge in [-0.1, -0.05) is 0 Å². The Morgan fingerprint density at radius 2 is 0.778 bits per heavy atom. The van der Waals surface area contributed by atoms with Gasteiger partial charge in [-0.2, -0.15) is 0 Å². The van der Waals surface area contributed by atoms with Crippen LogP contribution in [0.2, 0.25) is 0 Å². The molecule has 0 saturated carbocycles. The van der Waals surface area contributed by atoms with Crippen molar-refractivity contribution in [1.82, 2.24) is 0 Å². The van der Waals surface area contributed by atoms with Crippen LogP contribution in [-0.4, -0.2) is 0 Å². The predicted molar refractivity (Wildman–Crippen MR) is 2.75 cm³/mol. The first kappa shape index (κ1) is 16.5. The van der Waals surface area contributed by atoms with Gasteiger partial charge < -0.3 is 0 Å². The molecular weight excluding hydrogens is 263 g/mol. The molecule has 6 nitrogen and oxygen atoms in total. The fourth-order valence-electron chi connectivity index (χ4n) is 0. The molecule has 0 unspecified atom stereocenters. The van der Waals surface area contributed by atoms with E-state index in [9.17, 15) is 0 Å². The van der Waals surface area contributed by atoms with Gasteiger partial charge in [0.2, 0.25) is 0 Å². The molecule has 0 rings (SSSR count). The fraction of sp³-hybridized carbons (Fsp3) is 0. The van der Waals surface area contributed by atoms with Crippen molar-refractivity contribution < 1.29 is 73.0 Å². The number of hydrogen-bond acceptors (Lipinski definition) is 6. The maximum absolute atomic E-state index is 8.56. The van der Waals surface area contributed by atoms with Gasteiger partial charge in [0.05, 0.1) is 0 Å². The minimum atomic E-state index is -3.94. The molecular formula is O6V2Zn. The summed E-state index contributed by atoms with van der Waals surface area (Å²) in [6.07, 6.45) is 0. The molecule has 9 heteroatoms. The van der Waals surface area contributed by atoms with Crippen molar-refractivity contribution >= 4 is 0 Å². The van der Waals surface area contributed by atoms with E-state index < -0.39 is 30.8 Å². The van der Waals surface area contributed by atoms with E-state index in [4.69, 9.17) is 22.8 Å². The van der Waals surface area contributed by atoms with Crippen LogP contribution >= 0.6 is 0 Å². The van der Waals surface area contributed by atoms with E-state index >= 15 is 0 Å². The SMILES string of the molecule is [O]=[V](=[O])[O-].[O]=[V](=[O])[O-].[Zn+2]. The van der Waals surface area contributed by atoms with Gasteiger partial charge in [-0.05, 0) is 0 Å². The van der Waals surface area contributed by atoms with Crippen molar-refractivity contribution in [3.63, 3.8) is 0 Å². The van der Waals surface area contributed by atoms with Crippen molar-refractivity contribution in [3.05, 3.63) is 0 Å². The quantitative estimate of drug-likeness (QED) is 0.434. The number of rotatable bonds is 0. The molecule has 0 aromatic heterocycles. The molecule has 0 N–H and O–H groups in total. The molecule has 0 aliphatic rings. The second kappa shape index (κ2) is 11.7. The Morgan fingerprint density at radius 3 is 0.778 bits per heavy atom. The van der Waals surface area contributed by atoms with Gasteiger partial charge in [0.1, 0.15) is 0 Å². The standard InChI is InChI=1S/6O.2V.Zn/q;;;;2*-1;;;+2. The Hall–Kier alpha value is 0.912. The first-order valence-electron chi connectivity index (χ1n) is 1.10. The summed E-state index contributed by atoms with van der Waals surface area (Å²) >= 11 is -7.88. The van der Waals surface area contributed by atoms with Crippen molar-refractivity contribution in [3.8, 4) is 0 Å². The van der Waals surface area contributed by atoms with Crippen LogP contribution in [0.4, 0.5) is 0 Å². The van der Waals surface area contributed by atoms with Crippen LogP contribution < -0.4 is 8.06 Å². The molecule has 0 fully saturated rings. The second-order valence-electron chi connectivity index (χ2n) is 0.447. The average molecular weight is 263 g/mol. The third kappa shape index (κ3) is 512. The zero-order valence-corrected chi connectivity index (χ0v) is 9.81. The molecule has 0 saturated heterocycles. The van der Waals surface area contributed by atoms with Gasteiger partial charge in [0.15, 0.2) is 0 Å². The van der Waals surface area contributed by atoms with Gasteiger partial charge >= 0.3 is 73.0 Å². The van der Waals surface area contributed by atoms with Crippen molar-refractivity contribution in [2.75, 3.05) is 0 Å². The second-order valence-corrected chi connectivity index (χ2v) is 1.84. The first-order chi connectivity index (χ1) is 3.46. The summed E-state index contributed by atoms with van der Waals surface area (Å²) in [6, 6.07) is 0. The molecule has 0 atom stereocenters. The molecule has 0 heterocycles. The van der Waals surface area contributed by atoms with Gasteiger partial charge in [-0.15, -0.1) is 0 Å². The Bertz CT molecular complexity index is 128. The summed E-state index contributed by atoms with van der Waals surface area (Å²) in [5, 5.41) is 0. The van der Waals surface area contributed by atoms with E-state index in [1.54, 1.807) is 0 Å². The largest absolute Gasteiger partial charge is 2.00 e. The minimum absolute atomic E-state index is 0. The predicted octanol–water partition coefficient (Wildman–Crippen LogP) is -2.86. The Labute approximate surface area is 72.7 Å². The third-order valence-corrected chi connectivity index (χ3v) is 0. The van der Waals surface area contributed by atoms with Gasteiger partial charge in [0, 0.05) is 0 Å². The van der Waals surface area contributed by atoms with Crippen LogP contribution in [0.5, 0.6) is 0 Å². The summed E-state index contributed by atoms with van der Waals surface area (Å²) in [7, 11) is 0. The molecule has 0 radical (unpaired) electrons. The summed E-state index contributed by atoms with van der Waals surface area (Å²) in [5.74, 6) is 0. The molecule has 0 aliphatic carbocycles. The van der Waals surface area contributed by atoms with E-state index in [1.165, 1.54) is 0 Å². The zero-order chi connectivity index (χ0) is 7.15. The van der Waals surface area contributed by atoms with Crippen LogP contribution in [0, 0.1) is 0 Å². The van der Waals surface area contributed by atoms with Crippen molar-refractivity contribution in [2.24, 2.45) is 0 Å². The van der Waals surface area contributed by atoms with Crippen LogP contribution in [0.25, 0.3) is 0 Å². The van der Waals surface area contributed by atoms with Crippen LogP contribution in [0.15, 0.2) is 0 Å². The molecule has 9 heavy (non-hydrogen) atoms. The van der Waals surface area contributed by atoms with E-state index in [0.29, 0.717) is 0 Å². The zero-order valence-electron chi connectivity index (χ0n) is 4.05. The van der Waals surface area contributed by atoms with Gasteiger partial charge in [0.25, 0.3) is 0 Å². The van der Waals surface area contributed by atoms with E-state index in [1.807, 2.05) is 0 Å². The monoisotopic (exact) mass is 262 g/mol. The summed E-state index contributed by atoms with van der Waals surface area (Å²) in [6.45, 7) is 0. The van der Waals surface area contributed by atoms with E-state index in [-0.39, 0.29) is 19.5 Å². The van der Waals surface area contributed by atoms with Crippen molar-refractivity contribution in [2.45, 2.75) is 0 Å². The fourth-order valence-corrected chi connectivity index (χ4v) is 0. The Balaban J connectivity index is -0.0000000720. The molecule has 48 valence electrons. The summed E-state index contributed by atoms with van der Waals surface area (Å²) in [4.78, 5) is 0.